The van der Waals surface area contributed by atoms with Gasteiger partial charge in [0.15, 0.2) is 0 Å². The predicted molar refractivity (Wildman–Crippen MR) is 80.9 cm³/mol. The van der Waals surface area contributed by atoms with Gasteiger partial charge in [-0.3, -0.25) is 0 Å². The van der Waals surface area contributed by atoms with Gasteiger partial charge in [0.2, 0.25) is 10.0 Å². The largest absolute Gasteiger partial charge is 0.326 e. The Kier molecular flexibility index (Phi) is 4.52. The second-order valence-electron chi connectivity index (χ2n) is 5.77. The molecule has 4 nitrogen and oxygen atoms in total. The second kappa shape index (κ2) is 5.84. The first-order valence-electron chi connectivity index (χ1n) is 7.21. The van der Waals surface area contributed by atoms with Crippen molar-refractivity contribution in [3.05, 3.63) is 29.3 Å². The van der Waals surface area contributed by atoms with Crippen LogP contribution in [0.15, 0.2) is 23.1 Å². The summed E-state index contributed by atoms with van der Waals surface area (Å²) in [5.74, 6) is 0. The highest BCUT2D eigenvalue weighted by Gasteiger charge is 2.36. The van der Waals surface area contributed by atoms with Gasteiger partial charge in [0.1, 0.15) is 0 Å². The standard InChI is InChI=1S/C15H24N2O2S/c1-11-7-8-14(10-16)9-15(11)20(18,19)17-12(2)5-4-6-13(17)3/h7-9,12-13H,4-6,10,16H2,1-3H3/t12-,13+. The number of rotatable bonds is 3. The molecule has 0 unspecified atom stereocenters. The molecule has 5 heteroatoms. The van der Waals surface area contributed by atoms with E-state index in [0.29, 0.717) is 11.4 Å². The van der Waals surface area contributed by atoms with E-state index in [2.05, 4.69) is 0 Å². The summed E-state index contributed by atoms with van der Waals surface area (Å²) in [6.07, 6.45) is 2.95. The average molecular weight is 296 g/mol. The molecule has 1 aliphatic heterocycles. The molecule has 1 aliphatic rings. The van der Waals surface area contributed by atoms with Crippen molar-refractivity contribution in [2.45, 2.75) is 63.6 Å². The molecule has 0 amide bonds. The van der Waals surface area contributed by atoms with E-state index >= 15 is 0 Å². The fourth-order valence-corrected chi connectivity index (χ4v) is 5.20. The molecule has 1 saturated heterocycles. The molecule has 1 heterocycles. The summed E-state index contributed by atoms with van der Waals surface area (Å²) < 4.78 is 27.6. The SMILES string of the molecule is Cc1ccc(CN)cc1S(=O)(=O)N1[C@H](C)CCC[C@@H]1C. The number of benzene rings is 1. The molecule has 112 valence electrons. The van der Waals surface area contributed by atoms with E-state index in [1.165, 1.54) is 0 Å². The maximum absolute atomic E-state index is 13.0. The van der Waals surface area contributed by atoms with Crippen LogP contribution in [0.3, 0.4) is 0 Å². The number of hydrogen-bond acceptors (Lipinski definition) is 3. The maximum Gasteiger partial charge on any atom is 0.243 e. The van der Waals surface area contributed by atoms with Gasteiger partial charge in [0.05, 0.1) is 4.90 Å². The van der Waals surface area contributed by atoms with Crippen molar-refractivity contribution in [3.63, 3.8) is 0 Å². The number of nitrogens with zero attached hydrogens (tertiary/aromatic N) is 1. The monoisotopic (exact) mass is 296 g/mol. The van der Waals surface area contributed by atoms with Gasteiger partial charge in [-0.25, -0.2) is 8.42 Å². The van der Waals surface area contributed by atoms with Crippen LogP contribution in [-0.4, -0.2) is 24.8 Å². The summed E-state index contributed by atoms with van der Waals surface area (Å²) in [4.78, 5) is 0.404. The molecule has 20 heavy (non-hydrogen) atoms. The van der Waals surface area contributed by atoms with Crippen molar-refractivity contribution >= 4 is 10.0 Å². The Bertz CT molecular complexity index is 574. The van der Waals surface area contributed by atoms with Crippen LogP contribution in [0.5, 0.6) is 0 Å². The third-order valence-electron chi connectivity index (χ3n) is 4.16. The molecule has 0 radical (unpaired) electrons. The highest BCUT2D eigenvalue weighted by atomic mass is 32.2. The number of aryl methyl sites for hydroxylation is 1. The Hall–Kier alpha value is -0.910. The number of nitrogens with two attached hydrogens (primary N) is 1. The molecule has 2 atom stereocenters. The van der Waals surface area contributed by atoms with Gasteiger partial charge in [-0.2, -0.15) is 4.31 Å². The smallest absolute Gasteiger partial charge is 0.243 e. The first-order valence-corrected chi connectivity index (χ1v) is 8.65. The van der Waals surface area contributed by atoms with E-state index in [4.69, 9.17) is 5.73 Å². The van der Waals surface area contributed by atoms with Crippen LogP contribution in [-0.2, 0) is 16.6 Å². The van der Waals surface area contributed by atoms with Crippen LogP contribution in [0.1, 0.15) is 44.2 Å². The Labute approximate surface area is 122 Å². The average Bonchev–Trinajstić information content (AvgIpc) is 2.38. The van der Waals surface area contributed by atoms with Gasteiger partial charge in [0.25, 0.3) is 0 Å². The second-order valence-corrected chi connectivity index (χ2v) is 7.58. The quantitative estimate of drug-likeness (QED) is 0.931. The molecule has 0 spiro atoms. The fraction of sp³-hybridized carbons (Fsp3) is 0.600. The van der Waals surface area contributed by atoms with Crippen molar-refractivity contribution in [1.29, 1.82) is 0 Å². The Morgan fingerprint density at radius 2 is 1.85 bits per heavy atom. The summed E-state index contributed by atoms with van der Waals surface area (Å²) in [5, 5.41) is 0. The van der Waals surface area contributed by atoms with Crippen molar-refractivity contribution < 1.29 is 8.42 Å². The summed E-state index contributed by atoms with van der Waals surface area (Å²) >= 11 is 0. The van der Waals surface area contributed by atoms with Gasteiger partial charge >= 0.3 is 0 Å². The molecule has 2 N–H and O–H groups in total. The van der Waals surface area contributed by atoms with E-state index in [9.17, 15) is 8.42 Å². The maximum atomic E-state index is 13.0. The zero-order valence-corrected chi connectivity index (χ0v) is 13.3. The van der Waals surface area contributed by atoms with Crippen LogP contribution in [0.2, 0.25) is 0 Å². The van der Waals surface area contributed by atoms with Crippen LogP contribution < -0.4 is 5.73 Å². The first kappa shape index (κ1) is 15.5. The number of sulfonamides is 1. The van der Waals surface area contributed by atoms with E-state index in [-0.39, 0.29) is 12.1 Å². The fourth-order valence-electron chi connectivity index (χ4n) is 3.03. The van der Waals surface area contributed by atoms with Gasteiger partial charge < -0.3 is 5.73 Å². The molecular formula is C15H24N2O2S. The topological polar surface area (TPSA) is 63.4 Å². The minimum atomic E-state index is -3.45. The molecular weight excluding hydrogens is 272 g/mol. The predicted octanol–water partition coefficient (Wildman–Crippen LogP) is 2.41. The van der Waals surface area contributed by atoms with Gasteiger partial charge in [-0.05, 0) is 50.8 Å². The molecule has 0 bridgehead atoms. The summed E-state index contributed by atoms with van der Waals surface area (Å²) in [7, 11) is -3.45. The lowest BCUT2D eigenvalue weighted by Gasteiger charge is -2.38. The molecule has 1 fully saturated rings. The first-order chi connectivity index (χ1) is 9.37. The molecule has 0 saturated carbocycles. The molecule has 0 aromatic heterocycles. The lowest BCUT2D eigenvalue weighted by Crippen LogP contribution is -2.47. The third kappa shape index (κ3) is 2.75. The van der Waals surface area contributed by atoms with Gasteiger partial charge in [-0.15, -0.1) is 0 Å². The minimum absolute atomic E-state index is 0.0599. The highest BCUT2D eigenvalue weighted by Crippen LogP contribution is 2.31. The summed E-state index contributed by atoms with van der Waals surface area (Å²) in [6, 6.07) is 5.57. The van der Waals surface area contributed by atoms with Crippen LogP contribution in [0, 0.1) is 6.92 Å². The Morgan fingerprint density at radius 1 is 1.25 bits per heavy atom. The van der Waals surface area contributed by atoms with Gasteiger partial charge in [0, 0.05) is 18.6 Å². The van der Waals surface area contributed by atoms with Gasteiger partial charge in [-0.1, -0.05) is 18.6 Å². The van der Waals surface area contributed by atoms with E-state index in [1.807, 2.05) is 32.9 Å². The van der Waals surface area contributed by atoms with Crippen molar-refractivity contribution in [2.24, 2.45) is 5.73 Å². The molecule has 0 aliphatic carbocycles. The number of piperidine rings is 1. The number of hydrogen-bond donors (Lipinski definition) is 1. The van der Waals surface area contributed by atoms with Crippen LogP contribution in [0.25, 0.3) is 0 Å². The van der Waals surface area contributed by atoms with Crippen LogP contribution >= 0.6 is 0 Å². The summed E-state index contributed by atoms with van der Waals surface area (Å²) in [6.45, 7) is 6.19. The molecule has 1 aromatic rings. The van der Waals surface area contributed by atoms with Crippen molar-refractivity contribution in [3.8, 4) is 0 Å². The lowest BCUT2D eigenvalue weighted by molar-refractivity contribution is 0.204. The highest BCUT2D eigenvalue weighted by molar-refractivity contribution is 7.89. The third-order valence-corrected chi connectivity index (χ3v) is 6.43. The summed E-state index contributed by atoms with van der Waals surface area (Å²) in [5.41, 5.74) is 7.27. The lowest BCUT2D eigenvalue weighted by atomic mass is 10.0. The van der Waals surface area contributed by atoms with Crippen molar-refractivity contribution in [1.82, 2.24) is 4.31 Å². The molecule has 1 aromatic carbocycles. The van der Waals surface area contributed by atoms with E-state index < -0.39 is 10.0 Å². The molecule has 2 rings (SSSR count). The minimum Gasteiger partial charge on any atom is -0.326 e. The Morgan fingerprint density at radius 3 is 2.40 bits per heavy atom. The van der Waals surface area contributed by atoms with E-state index in [1.54, 1.807) is 10.4 Å². The zero-order chi connectivity index (χ0) is 14.9. The Balaban J connectivity index is 2.49. The van der Waals surface area contributed by atoms with Crippen LogP contribution in [0.4, 0.5) is 0 Å². The normalized spacial score (nSPS) is 24.8. The van der Waals surface area contributed by atoms with Crippen molar-refractivity contribution in [2.75, 3.05) is 0 Å². The zero-order valence-electron chi connectivity index (χ0n) is 12.5. The van der Waals surface area contributed by atoms with E-state index in [0.717, 1.165) is 30.4 Å².